The number of benzene rings is 1. The van der Waals surface area contributed by atoms with E-state index >= 15 is 0 Å². The molecule has 1 aliphatic heterocycles. The van der Waals surface area contributed by atoms with Crippen LogP contribution in [0.3, 0.4) is 0 Å². The number of likely N-dealkylation sites (tertiary alicyclic amines) is 1. The van der Waals surface area contributed by atoms with Crippen molar-refractivity contribution in [3.05, 3.63) is 27.7 Å². The number of amides is 1. The van der Waals surface area contributed by atoms with Gasteiger partial charge in [-0.2, -0.15) is 0 Å². The van der Waals surface area contributed by atoms with Crippen LogP contribution in [0, 0.1) is 5.92 Å². The van der Waals surface area contributed by atoms with Gasteiger partial charge in [-0.15, -0.1) is 11.8 Å². The summed E-state index contributed by atoms with van der Waals surface area (Å²) in [4.78, 5) is 15.4. The molecule has 1 heterocycles. The summed E-state index contributed by atoms with van der Waals surface area (Å²) in [7, 11) is 1.97. The minimum absolute atomic E-state index is 0.00914. The van der Waals surface area contributed by atoms with Gasteiger partial charge in [0, 0.05) is 18.0 Å². The van der Waals surface area contributed by atoms with E-state index in [9.17, 15) is 4.79 Å². The largest absolute Gasteiger partial charge is 0.339 e. The SMILES string of the molecule is CNCC1CCN(C(=O)c2cc(SC)c(Cl)cc2Cl)CC1. The first-order chi connectivity index (χ1) is 10.1. The Kier molecular flexibility index (Phi) is 6.23. The molecule has 1 aliphatic rings. The average molecular weight is 347 g/mol. The fraction of sp³-hybridized carbons (Fsp3) is 0.533. The van der Waals surface area contributed by atoms with Crippen molar-refractivity contribution >= 4 is 40.9 Å². The van der Waals surface area contributed by atoms with Crippen molar-refractivity contribution in [1.29, 1.82) is 0 Å². The number of piperidine rings is 1. The van der Waals surface area contributed by atoms with Gasteiger partial charge in [-0.25, -0.2) is 0 Å². The second-order valence-electron chi connectivity index (χ2n) is 5.26. The molecule has 6 heteroatoms. The zero-order valence-electron chi connectivity index (χ0n) is 12.3. The van der Waals surface area contributed by atoms with E-state index < -0.39 is 0 Å². The molecule has 0 radical (unpaired) electrons. The lowest BCUT2D eigenvalue weighted by molar-refractivity contribution is 0.0691. The topological polar surface area (TPSA) is 32.3 Å². The summed E-state index contributed by atoms with van der Waals surface area (Å²) in [5, 5.41) is 4.23. The number of nitrogens with one attached hydrogen (secondary N) is 1. The molecule has 0 spiro atoms. The summed E-state index contributed by atoms with van der Waals surface area (Å²) >= 11 is 13.8. The fourth-order valence-electron chi connectivity index (χ4n) is 2.65. The average Bonchev–Trinajstić information content (AvgIpc) is 2.48. The van der Waals surface area contributed by atoms with Gasteiger partial charge in [-0.05, 0) is 50.7 Å². The van der Waals surface area contributed by atoms with E-state index in [0.717, 1.165) is 37.4 Å². The first-order valence-corrected chi connectivity index (χ1v) is 9.01. The zero-order chi connectivity index (χ0) is 15.4. The molecule has 116 valence electrons. The lowest BCUT2D eigenvalue weighted by Gasteiger charge is -2.32. The molecule has 21 heavy (non-hydrogen) atoms. The molecule has 2 rings (SSSR count). The summed E-state index contributed by atoms with van der Waals surface area (Å²) < 4.78 is 0. The van der Waals surface area contributed by atoms with Crippen LogP contribution in [0.4, 0.5) is 0 Å². The second kappa shape index (κ2) is 7.73. The Morgan fingerprint density at radius 1 is 1.33 bits per heavy atom. The van der Waals surface area contributed by atoms with Crippen LogP contribution in [-0.2, 0) is 0 Å². The molecular weight excluding hydrogens is 327 g/mol. The highest BCUT2D eigenvalue weighted by Gasteiger charge is 2.25. The van der Waals surface area contributed by atoms with Crippen LogP contribution in [0.25, 0.3) is 0 Å². The van der Waals surface area contributed by atoms with Crippen molar-refractivity contribution in [3.8, 4) is 0 Å². The van der Waals surface area contributed by atoms with E-state index in [0.29, 0.717) is 21.5 Å². The van der Waals surface area contributed by atoms with Crippen molar-refractivity contribution in [1.82, 2.24) is 10.2 Å². The standard InChI is InChI=1S/C15H20Cl2N2OS/c1-18-9-10-3-5-19(6-4-10)15(20)11-7-14(21-2)13(17)8-12(11)16/h7-8,10,18H,3-6,9H2,1-2H3. The van der Waals surface area contributed by atoms with Crippen LogP contribution < -0.4 is 5.32 Å². The number of carbonyl (C=O) groups is 1. The normalized spacial score (nSPS) is 16.3. The van der Waals surface area contributed by atoms with Crippen LogP contribution in [-0.4, -0.2) is 43.7 Å². The van der Waals surface area contributed by atoms with Gasteiger partial charge in [0.1, 0.15) is 0 Å². The highest BCUT2D eigenvalue weighted by Crippen LogP contribution is 2.32. The fourth-order valence-corrected chi connectivity index (χ4v) is 3.83. The van der Waals surface area contributed by atoms with E-state index in [4.69, 9.17) is 23.2 Å². The molecule has 1 saturated heterocycles. The zero-order valence-corrected chi connectivity index (χ0v) is 14.6. The number of thioether (sulfide) groups is 1. The van der Waals surface area contributed by atoms with Gasteiger partial charge < -0.3 is 10.2 Å². The van der Waals surface area contributed by atoms with Crippen LogP contribution >= 0.6 is 35.0 Å². The first kappa shape index (κ1) is 16.9. The maximum absolute atomic E-state index is 12.6. The summed E-state index contributed by atoms with van der Waals surface area (Å²) in [6.45, 7) is 2.60. The molecule has 0 aromatic heterocycles. The molecule has 1 N–H and O–H groups in total. The highest BCUT2D eigenvalue weighted by molar-refractivity contribution is 7.98. The number of halogens is 2. The van der Waals surface area contributed by atoms with Crippen molar-refractivity contribution in [2.24, 2.45) is 5.92 Å². The Morgan fingerprint density at radius 3 is 2.57 bits per heavy atom. The Balaban J connectivity index is 2.10. The van der Waals surface area contributed by atoms with Crippen molar-refractivity contribution < 1.29 is 4.79 Å². The predicted octanol–water partition coefficient (Wildman–Crippen LogP) is 3.79. The van der Waals surface area contributed by atoms with Crippen LogP contribution in [0.1, 0.15) is 23.2 Å². The Hall–Kier alpha value is -0.420. The monoisotopic (exact) mass is 346 g/mol. The van der Waals surface area contributed by atoms with Gasteiger partial charge in [-0.1, -0.05) is 23.2 Å². The van der Waals surface area contributed by atoms with Gasteiger partial charge in [0.2, 0.25) is 0 Å². The van der Waals surface area contributed by atoms with Gasteiger partial charge >= 0.3 is 0 Å². The maximum Gasteiger partial charge on any atom is 0.255 e. The number of hydrogen-bond acceptors (Lipinski definition) is 3. The molecule has 0 saturated carbocycles. The van der Waals surface area contributed by atoms with E-state index in [-0.39, 0.29) is 5.91 Å². The van der Waals surface area contributed by atoms with Crippen LogP contribution in [0.15, 0.2) is 17.0 Å². The van der Waals surface area contributed by atoms with Crippen molar-refractivity contribution in [2.45, 2.75) is 17.7 Å². The van der Waals surface area contributed by atoms with Gasteiger partial charge in [0.25, 0.3) is 5.91 Å². The molecule has 0 unspecified atom stereocenters. The number of hydrogen-bond donors (Lipinski definition) is 1. The van der Waals surface area contributed by atoms with Crippen LogP contribution in [0.5, 0.6) is 0 Å². The molecule has 0 aliphatic carbocycles. The predicted molar refractivity (Wildman–Crippen MR) is 90.8 cm³/mol. The molecule has 3 nitrogen and oxygen atoms in total. The minimum atomic E-state index is 0.00914. The molecular formula is C15H20Cl2N2OS. The number of rotatable bonds is 4. The second-order valence-corrected chi connectivity index (χ2v) is 6.92. The van der Waals surface area contributed by atoms with E-state index in [1.165, 1.54) is 11.8 Å². The molecule has 1 aromatic carbocycles. The third kappa shape index (κ3) is 4.07. The summed E-state index contributed by atoms with van der Waals surface area (Å²) in [6, 6.07) is 3.47. The lowest BCUT2D eigenvalue weighted by atomic mass is 9.96. The van der Waals surface area contributed by atoms with Gasteiger partial charge in [0.15, 0.2) is 0 Å². The van der Waals surface area contributed by atoms with Crippen LogP contribution in [0.2, 0.25) is 10.0 Å². The molecule has 1 aromatic rings. The Bertz CT molecular complexity index is 517. The lowest BCUT2D eigenvalue weighted by Crippen LogP contribution is -2.40. The maximum atomic E-state index is 12.6. The smallest absolute Gasteiger partial charge is 0.255 e. The minimum Gasteiger partial charge on any atom is -0.339 e. The highest BCUT2D eigenvalue weighted by atomic mass is 35.5. The molecule has 1 amide bonds. The summed E-state index contributed by atoms with van der Waals surface area (Å²) in [6.07, 6.45) is 4.01. The summed E-state index contributed by atoms with van der Waals surface area (Å²) in [5.41, 5.74) is 0.553. The molecule has 0 bridgehead atoms. The van der Waals surface area contributed by atoms with Gasteiger partial charge in [0.05, 0.1) is 15.6 Å². The van der Waals surface area contributed by atoms with Crippen molar-refractivity contribution in [2.75, 3.05) is 32.9 Å². The van der Waals surface area contributed by atoms with Gasteiger partial charge in [-0.3, -0.25) is 4.79 Å². The van der Waals surface area contributed by atoms with E-state index in [1.807, 2.05) is 18.2 Å². The third-order valence-electron chi connectivity index (χ3n) is 3.87. The first-order valence-electron chi connectivity index (χ1n) is 7.03. The number of nitrogens with zero attached hydrogens (tertiary/aromatic N) is 1. The van der Waals surface area contributed by atoms with E-state index in [2.05, 4.69) is 5.32 Å². The summed E-state index contributed by atoms with van der Waals surface area (Å²) in [5.74, 6) is 0.663. The van der Waals surface area contributed by atoms with Crippen molar-refractivity contribution in [3.63, 3.8) is 0 Å². The molecule has 0 atom stereocenters. The van der Waals surface area contributed by atoms with E-state index in [1.54, 1.807) is 12.1 Å². The molecule has 1 fully saturated rings. The Labute approximate surface area is 140 Å². The number of carbonyl (C=O) groups excluding carboxylic acids is 1. The third-order valence-corrected chi connectivity index (χ3v) is 5.38. The quantitative estimate of drug-likeness (QED) is 0.841. The Morgan fingerprint density at radius 2 is 2.00 bits per heavy atom.